The Morgan fingerprint density at radius 2 is 1.76 bits per heavy atom. The third-order valence-corrected chi connectivity index (χ3v) is 8.18. The number of benzene rings is 2. The van der Waals surface area contributed by atoms with Gasteiger partial charge in [-0.1, -0.05) is 48.5 Å². The van der Waals surface area contributed by atoms with Crippen molar-refractivity contribution in [3.8, 4) is 5.69 Å². The van der Waals surface area contributed by atoms with E-state index >= 15 is 0 Å². The number of β-amino-alcohol motifs (C(OH)–C–C–N with tert-alkyl or cyclic N) is 1. The molecule has 0 bridgehead atoms. The zero-order valence-corrected chi connectivity index (χ0v) is 21.2. The molecule has 3 aliphatic heterocycles. The molecule has 1 amide bonds. The summed E-state index contributed by atoms with van der Waals surface area (Å²) in [5.41, 5.74) is 2.44. The Bertz CT molecular complexity index is 1350. The number of nitrogens with one attached hydrogen (secondary N) is 1. The third-order valence-electron chi connectivity index (χ3n) is 8.18. The van der Waals surface area contributed by atoms with E-state index in [0.29, 0.717) is 39.1 Å². The van der Waals surface area contributed by atoms with Gasteiger partial charge in [-0.25, -0.2) is 4.99 Å². The zero-order valence-electron chi connectivity index (χ0n) is 21.2. The van der Waals surface area contributed by atoms with Crippen LogP contribution in [0.4, 0.5) is 0 Å². The number of carbonyl (C=O) groups is 1. The average Bonchev–Trinajstić information content (AvgIpc) is 3.37. The molecule has 7 nitrogen and oxygen atoms in total. The summed E-state index contributed by atoms with van der Waals surface area (Å²) in [5.74, 6) is 0.435. The Morgan fingerprint density at radius 1 is 1.03 bits per heavy atom. The van der Waals surface area contributed by atoms with E-state index in [0.717, 1.165) is 35.9 Å². The van der Waals surface area contributed by atoms with Crippen molar-refractivity contribution >= 4 is 12.1 Å². The molecular weight excluding hydrogens is 462 g/mol. The van der Waals surface area contributed by atoms with Gasteiger partial charge in [0.15, 0.2) is 0 Å². The molecule has 2 fully saturated rings. The predicted molar refractivity (Wildman–Crippen MR) is 144 cm³/mol. The number of nitrogens with zero attached hydrogens (tertiary/aromatic N) is 4. The van der Waals surface area contributed by atoms with Crippen molar-refractivity contribution in [2.75, 3.05) is 39.4 Å². The number of para-hydroxylation sites is 1. The molecule has 0 unspecified atom stereocenters. The van der Waals surface area contributed by atoms with Gasteiger partial charge < -0.3 is 24.8 Å². The van der Waals surface area contributed by atoms with Gasteiger partial charge in [-0.3, -0.25) is 4.79 Å². The first-order valence-electron chi connectivity index (χ1n) is 13.4. The monoisotopic (exact) mass is 497 g/mol. The highest BCUT2D eigenvalue weighted by molar-refractivity contribution is 5.80. The van der Waals surface area contributed by atoms with Gasteiger partial charge >= 0.3 is 0 Å². The summed E-state index contributed by atoms with van der Waals surface area (Å²) >= 11 is 0. The molecule has 0 radical (unpaired) electrons. The Hall–Kier alpha value is -3.42. The fraction of sp³-hybridized carbons (Fsp3) is 0.400. The van der Waals surface area contributed by atoms with Gasteiger partial charge in [-0.05, 0) is 49.6 Å². The van der Waals surface area contributed by atoms with Gasteiger partial charge in [0.05, 0.1) is 5.60 Å². The van der Waals surface area contributed by atoms with E-state index in [9.17, 15) is 9.90 Å². The fourth-order valence-corrected chi connectivity index (χ4v) is 6.11. The highest BCUT2D eigenvalue weighted by Crippen LogP contribution is 2.33. The van der Waals surface area contributed by atoms with Crippen LogP contribution in [-0.4, -0.2) is 70.4 Å². The molecule has 6 rings (SSSR count). The van der Waals surface area contributed by atoms with E-state index in [1.807, 2.05) is 35.4 Å². The molecule has 3 aliphatic rings. The van der Waals surface area contributed by atoms with E-state index in [1.165, 1.54) is 5.56 Å². The number of amides is 1. The molecule has 7 heteroatoms. The van der Waals surface area contributed by atoms with Crippen LogP contribution in [0.2, 0.25) is 0 Å². The molecule has 37 heavy (non-hydrogen) atoms. The van der Waals surface area contributed by atoms with Gasteiger partial charge in [0.1, 0.15) is 12.2 Å². The lowest BCUT2D eigenvalue weighted by atomic mass is 9.80. The summed E-state index contributed by atoms with van der Waals surface area (Å²) < 4.78 is 2.10. The zero-order chi connectivity index (χ0) is 25.2. The second kappa shape index (κ2) is 10.1. The number of piperidine rings is 2. The smallest absolute Gasteiger partial charge is 0.226 e. The number of fused-ring (bicyclic) bond motifs is 1. The number of rotatable bonds is 5. The number of hydrogen-bond donors (Lipinski definition) is 2. The Morgan fingerprint density at radius 3 is 2.51 bits per heavy atom. The number of carbonyl (C=O) groups excluding carboxylic acids is 1. The fourth-order valence-electron chi connectivity index (χ4n) is 6.11. The summed E-state index contributed by atoms with van der Waals surface area (Å²) in [6.07, 6.45) is 6.18. The SMILES string of the molecule is O=C([C@@H]1CCNC[C@H]1c1ccccc1)N1CCC(O)(CN2C=c3ccn(-c4ccccc4)c3=NC2)CC1. The molecule has 0 spiro atoms. The number of likely N-dealkylation sites (tertiary alicyclic amines) is 1. The minimum absolute atomic E-state index is 0.00357. The molecule has 1 aromatic heterocycles. The normalized spacial score (nSPS) is 23.1. The summed E-state index contributed by atoms with van der Waals surface area (Å²) in [4.78, 5) is 22.5. The van der Waals surface area contributed by atoms with Crippen LogP contribution in [0.15, 0.2) is 77.9 Å². The minimum Gasteiger partial charge on any atom is -0.388 e. The van der Waals surface area contributed by atoms with E-state index in [1.54, 1.807) is 0 Å². The lowest BCUT2D eigenvalue weighted by molar-refractivity contribution is -0.141. The van der Waals surface area contributed by atoms with E-state index in [2.05, 4.69) is 63.4 Å². The van der Waals surface area contributed by atoms with Crippen LogP contribution in [0.1, 0.15) is 30.7 Å². The second-order valence-corrected chi connectivity index (χ2v) is 10.6. The van der Waals surface area contributed by atoms with Crippen molar-refractivity contribution in [2.24, 2.45) is 10.9 Å². The molecule has 2 saturated heterocycles. The molecule has 4 heterocycles. The average molecular weight is 498 g/mol. The Labute approximate surface area is 217 Å². The second-order valence-electron chi connectivity index (χ2n) is 10.6. The van der Waals surface area contributed by atoms with Gasteiger partial charge in [0.2, 0.25) is 5.91 Å². The maximum absolute atomic E-state index is 13.6. The lowest BCUT2D eigenvalue weighted by Gasteiger charge is -2.43. The molecule has 2 N–H and O–H groups in total. The summed E-state index contributed by atoms with van der Waals surface area (Å²) in [6.45, 7) is 3.94. The van der Waals surface area contributed by atoms with Crippen molar-refractivity contribution < 1.29 is 9.90 Å². The molecule has 3 aromatic rings. The highest BCUT2D eigenvalue weighted by Gasteiger charge is 2.39. The summed E-state index contributed by atoms with van der Waals surface area (Å²) in [5, 5.41) is 16.0. The quantitative estimate of drug-likeness (QED) is 0.565. The van der Waals surface area contributed by atoms with Crippen molar-refractivity contribution in [3.63, 3.8) is 0 Å². The largest absolute Gasteiger partial charge is 0.388 e. The van der Waals surface area contributed by atoms with Gasteiger partial charge in [-0.15, -0.1) is 0 Å². The summed E-state index contributed by atoms with van der Waals surface area (Å²) in [7, 11) is 0. The molecule has 0 aliphatic carbocycles. The maximum Gasteiger partial charge on any atom is 0.226 e. The van der Waals surface area contributed by atoms with Crippen LogP contribution in [0.3, 0.4) is 0 Å². The first kappa shape index (κ1) is 23.9. The molecule has 192 valence electrons. The van der Waals surface area contributed by atoms with Crippen LogP contribution < -0.4 is 16.0 Å². The first-order chi connectivity index (χ1) is 18.1. The van der Waals surface area contributed by atoms with Crippen LogP contribution in [0.5, 0.6) is 0 Å². The van der Waals surface area contributed by atoms with Gasteiger partial charge in [-0.2, -0.15) is 0 Å². The van der Waals surface area contributed by atoms with Crippen molar-refractivity contribution in [2.45, 2.75) is 30.8 Å². The van der Waals surface area contributed by atoms with Crippen LogP contribution in [-0.2, 0) is 4.79 Å². The van der Waals surface area contributed by atoms with E-state index < -0.39 is 5.60 Å². The minimum atomic E-state index is -0.824. The van der Waals surface area contributed by atoms with E-state index in [4.69, 9.17) is 4.99 Å². The number of hydrogen-bond acceptors (Lipinski definition) is 5. The molecular formula is C30H35N5O2. The highest BCUT2D eigenvalue weighted by atomic mass is 16.3. The number of aliphatic hydroxyl groups is 1. The van der Waals surface area contributed by atoms with Gasteiger partial charge in [0.25, 0.3) is 0 Å². The van der Waals surface area contributed by atoms with E-state index in [-0.39, 0.29) is 17.7 Å². The maximum atomic E-state index is 13.6. The lowest BCUT2D eigenvalue weighted by Crippen LogP contribution is -2.54. The first-order valence-corrected chi connectivity index (χ1v) is 13.4. The topological polar surface area (TPSA) is 73.1 Å². The molecule has 0 saturated carbocycles. The van der Waals surface area contributed by atoms with Crippen molar-refractivity contribution in [1.29, 1.82) is 0 Å². The number of aromatic nitrogens is 1. The summed E-state index contributed by atoms with van der Waals surface area (Å²) in [6, 6.07) is 22.7. The third kappa shape index (κ3) is 4.93. The Balaban J connectivity index is 1.10. The Kier molecular flexibility index (Phi) is 6.57. The van der Waals surface area contributed by atoms with Crippen LogP contribution in [0, 0.1) is 5.92 Å². The van der Waals surface area contributed by atoms with Crippen LogP contribution >= 0.6 is 0 Å². The van der Waals surface area contributed by atoms with Gasteiger partial charge in [0, 0.05) is 61.3 Å². The van der Waals surface area contributed by atoms with Crippen LogP contribution in [0.25, 0.3) is 11.9 Å². The predicted octanol–water partition coefficient (Wildman–Crippen LogP) is 1.85. The van der Waals surface area contributed by atoms with Crippen molar-refractivity contribution in [3.05, 3.63) is 89.2 Å². The molecule has 2 aromatic carbocycles. The van der Waals surface area contributed by atoms with Crippen molar-refractivity contribution in [1.82, 2.24) is 19.7 Å². The standard InChI is InChI=1S/C30H35N5O2/c36-29(26-11-15-31-19-27(26)23-7-3-1-4-8-23)34-17-13-30(37,14-18-34)21-33-20-24-12-16-35(28(24)32-22-33)25-9-5-2-6-10-25/h1-10,12,16,20,26-27,31,37H,11,13-15,17-19,21-22H2/t26-,27+/m1/s1. The molecule has 2 atom stereocenters.